The molecule has 0 aliphatic carbocycles. The standard InChI is InChI=1S/C15H22BrNOS/c1-17-13(10-12-6-8-18-9-7-12)11-19-15-5-3-2-4-14(15)16/h2-5,12-13,17H,6-11H2,1H3. The van der Waals surface area contributed by atoms with E-state index in [4.69, 9.17) is 4.74 Å². The second-order valence-electron chi connectivity index (χ2n) is 5.02. The largest absolute Gasteiger partial charge is 0.381 e. The summed E-state index contributed by atoms with van der Waals surface area (Å²) < 4.78 is 6.62. The van der Waals surface area contributed by atoms with Crippen molar-refractivity contribution in [3.63, 3.8) is 0 Å². The quantitative estimate of drug-likeness (QED) is 0.790. The Hall–Kier alpha value is -0.0300. The van der Waals surface area contributed by atoms with Crippen LogP contribution in [0.25, 0.3) is 0 Å². The van der Waals surface area contributed by atoms with Gasteiger partial charge in [-0.15, -0.1) is 11.8 Å². The van der Waals surface area contributed by atoms with E-state index in [0.717, 1.165) is 24.9 Å². The minimum absolute atomic E-state index is 0.584. The molecular weight excluding hydrogens is 322 g/mol. The van der Waals surface area contributed by atoms with Gasteiger partial charge in [0.15, 0.2) is 0 Å². The second kappa shape index (κ2) is 8.30. The van der Waals surface area contributed by atoms with Gasteiger partial charge in [-0.25, -0.2) is 0 Å². The third-order valence-corrected chi connectivity index (χ3v) is 5.83. The highest BCUT2D eigenvalue weighted by Crippen LogP contribution is 2.29. The smallest absolute Gasteiger partial charge is 0.0468 e. The van der Waals surface area contributed by atoms with Crippen LogP contribution in [-0.2, 0) is 4.74 Å². The maximum absolute atomic E-state index is 5.43. The fraction of sp³-hybridized carbons (Fsp3) is 0.600. The Balaban J connectivity index is 1.80. The molecule has 1 saturated heterocycles. The summed E-state index contributed by atoms with van der Waals surface area (Å²) in [4.78, 5) is 1.33. The molecule has 0 amide bonds. The maximum atomic E-state index is 5.43. The normalized spacial score (nSPS) is 18.4. The zero-order valence-corrected chi connectivity index (χ0v) is 13.8. The molecule has 1 atom stereocenters. The van der Waals surface area contributed by atoms with Gasteiger partial charge in [-0.2, -0.15) is 0 Å². The van der Waals surface area contributed by atoms with Crippen LogP contribution in [0.15, 0.2) is 33.6 Å². The summed E-state index contributed by atoms with van der Waals surface area (Å²) in [6.07, 6.45) is 3.70. The van der Waals surface area contributed by atoms with Gasteiger partial charge in [-0.05, 0) is 60.3 Å². The monoisotopic (exact) mass is 343 g/mol. The number of halogens is 1. The van der Waals surface area contributed by atoms with Crippen LogP contribution in [0.4, 0.5) is 0 Å². The summed E-state index contributed by atoms with van der Waals surface area (Å²) in [6, 6.07) is 9.02. The number of hydrogen-bond acceptors (Lipinski definition) is 3. The molecule has 1 aliphatic heterocycles. The molecule has 1 aromatic carbocycles. The first-order valence-corrected chi connectivity index (χ1v) is 8.69. The Kier molecular flexibility index (Phi) is 6.71. The van der Waals surface area contributed by atoms with Gasteiger partial charge >= 0.3 is 0 Å². The summed E-state index contributed by atoms with van der Waals surface area (Å²) >= 11 is 5.54. The summed E-state index contributed by atoms with van der Waals surface area (Å²) in [5.41, 5.74) is 0. The zero-order chi connectivity index (χ0) is 13.5. The van der Waals surface area contributed by atoms with Crippen molar-refractivity contribution >= 4 is 27.7 Å². The lowest BCUT2D eigenvalue weighted by atomic mass is 9.93. The fourth-order valence-corrected chi connectivity index (χ4v) is 4.10. The molecule has 0 radical (unpaired) electrons. The number of nitrogens with one attached hydrogen (secondary N) is 1. The van der Waals surface area contributed by atoms with Crippen molar-refractivity contribution in [3.05, 3.63) is 28.7 Å². The number of thioether (sulfide) groups is 1. The molecule has 106 valence electrons. The molecule has 1 aromatic rings. The van der Waals surface area contributed by atoms with Gasteiger partial charge < -0.3 is 10.1 Å². The molecule has 2 rings (SSSR count). The molecular formula is C15H22BrNOS. The molecule has 1 fully saturated rings. The molecule has 2 nitrogen and oxygen atoms in total. The van der Waals surface area contributed by atoms with Crippen LogP contribution in [0.1, 0.15) is 19.3 Å². The first-order valence-electron chi connectivity index (χ1n) is 6.92. The van der Waals surface area contributed by atoms with Gasteiger partial charge in [0.25, 0.3) is 0 Å². The van der Waals surface area contributed by atoms with Crippen LogP contribution < -0.4 is 5.32 Å². The molecule has 0 spiro atoms. The molecule has 19 heavy (non-hydrogen) atoms. The predicted molar refractivity (Wildman–Crippen MR) is 85.9 cm³/mol. The Morgan fingerprint density at radius 2 is 2.11 bits per heavy atom. The summed E-state index contributed by atoms with van der Waals surface area (Å²) in [6.45, 7) is 1.89. The van der Waals surface area contributed by atoms with Crippen LogP contribution in [0.5, 0.6) is 0 Å². The number of ether oxygens (including phenoxy) is 1. The van der Waals surface area contributed by atoms with Crippen LogP contribution in [0.2, 0.25) is 0 Å². The Morgan fingerprint density at radius 3 is 2.79 bits per heavy atom. The van der Waals surface area contributed by atoms with E-state index in [-0.39, 0.29) is 0 Å². The second-order valence-corrected chi connectivity index (χ2v) is 6.93. The van der Waals surface area contributed by atoms with Crippen LogP contribution >= 0.6 is 27.7 Å². The topological polar surface area (TPSA) is 21.3 Å². The lowest BCUT2D eigenvalue weighted by Crippen LogP contribution is -2.32. The summed E-state index contributed by atoms with van der Waals surface area (Å²) in [5, 5.41) is 3.46. The van der Waals surface area contributed by atoms with Gasteiger partial charge in [-0.3, -0.25) is 0 Å². The Bertz CT molecular complexity index is 382. The van der Waals surface area contributed by atoms with E-state index in [9.17, 15) is 0 Å². The van der Waals surface area contributed by atoms with Crippen LogP contribution in [0, 0.1) is 5.92 Å². The fourth-order valence-electron chi connectivity index (χ4n) is 2.41. The molecule has 1 aliphatic rings. The molecule has 1 unspecified atom stereocenters. The van der Waals surface area contributed by atoms with E-state index in [1.807, 2.05) is 11.8 Å². The van der Waals surface area contributed by atoms with E-state index >= 15 is 0 Å². The number of benzene rings is 1. The van der Waals surface area contributed by atoms with Gasteiger partial charge in [0.2, 0.25) is 0 Å². The predicted octanol–water partition coefficient (Wildman–Crippen LogP) is 3.95. The van der Waals surface area contributed by atoms with Crippen molar-refractivity contribution in [3.8, 4) is 0 Å². The lowest BCUT2D eigenvalue weighted by Gasteiger charge is -2.26. The Morgan fingerprint density at radius 1 is 1.37 bits per heavy atom. The van der Waals surface area contributed by atoms with Gasteiger partial charge in [0.1, 0.15) is 0 Å². The SMILES string of the molecule is CNC(CSc1ccccc1Br)CC1CCOCC1. The first kappa shape index (κ1) is 15.4. The van der Waals surface area contributed by atoms with Crippen molar-refractivity contribution in [1.29, 1.82) is 0 Å². The van der Waals surface area contributed by atoms with Gasteiger partial charge in [-0.1, -0.05) is 12.1 Å². The molecule has 4 heteroatoms. The highest BCUT2D eigenvalue weighted by atomic mass is 79.9. The maximum Gasteiger partial charge on any atom is 0.0468 e. The molecule has 0 aromatic heterocycles. The summed E-state index contributed by atoms with van der Waals surface area (Å²) in [5.74, 6) is 1.95. The van der Waals surface area contributed by atoms with E-state index < -0.39 is 0 Å². The average molecular weight is 344 g/mol. The summed E-state index contributed by atoms with van der Waals surface area (Å²) in [7, 11) is 2.07. The third-order valence-electron chi connectivity index (χ3n) is 3.64. The lowest BCUT2D eigenvalue weighted by molar-refractivity contribution is 0.0616. The Labute approximate surface area is 128 Å². The van der Waals surface area contributed by atoms with Crippen molar-refractivity contribution in [1.82, 2.24) is 5.32 Å². The number of hydrogen-bond donors (Lipinski definition) is 1. The minimum Gasteiger partial charge on any atom is -0.381 e. The van der Waals surface area contributed by atoms with Gasteiger partial charge in [0, 0.05) is 34.4 Å². The molecule has 1 heterocycles. The van der Waals surface area contributed by atoms with Gasteiger partial charge in [0.05, 0.1) is 0 Å². The van der Waals surface area contributed by atoms with E-state index in [1.54, 1.807) is 0 Å². The average Bonchev–Trinajstić information content (AvgIpc) is 2.46. The van der Waals surface area contributed by atoms with Crippen molar-refractivity contribution in [2.45, 2.75) is 30.2 Å². The van der Waals surface area contributed by atoms with E-state index in [2.05, 4.69) is 52.6 Å². The molecule has 1 N–H and O–H groups in total. The third kappa shape index (κ3) is 5.10. The van der Waals surface area contributed by atoms with Crippen LogP contribution in [0.3, 0.4) is 0 Å². The van der Waals surface area contributed by atoms with E-state index in [0.29, 0.717) is 6.04 Å². The van der Waals surface area contributed by atoms with Crippen LogP contribution in [-0.4, -0.2) is 32.1 Å². The minimum atomic E-state index is 0.584. The van der Waals surface area contributed by atoms with E-state index in [1.165, 1.54) is 28.6 Å². The molecule has 0 bridgehead atoms. The highest BCUT2D eigenvalue weighted by molar-refractivity contribution is 9.10. The molecule has 0 saturated carbocycles. The highest BCUT2D eigenvalue weighted by Gasteiger charge is 2.18. The van der Waals surface area contributed by atoms with Crippen molar-refractivity contribution < 1.29 is 4.74 Å². The number of rotatable bonds is 6. The van der Waals surface area contributed by atoms with Crippen molar-refractivity contribution in [2.24, 2.45) is 5.92 Å². The first-order chi connectivity index (χ1) is 9.29. The van der Waals surface area contributed by atoms with Crippen molar-refractivity contribution in [2.75, 3.05) is 26.0 Å². The zero-order valence-electron chi connectivity index (χ0n) is 11.4.